The summed E-state index contributed by atoms with van der Waals surface area (Å²) < 4.78 is 13.1. The van der Waals surface area contributed by atoms with E-state index in [9.17, 15) is 9.50 Å². The van der Waals surface area contributed by atoms with Crippen molar-refractivity contribution in [2.45, 2.75) is 6.10 Å². The molecule has 0 aliphatic carbocycles. The molecule has 0 radical (unpaired) electrons. The van der Waals surface area contributed by atoms with Gasteiger partial charge in [-0.15, -0.1) is 11.3 Å². The maximum atomic E-state index is 13.1. The lowest BCUT2D eigenvalue weighted by Gasteiger charge is -2.09. The van der Waals surface area contributed by atoms with Gasteiger partial charge in [-0.1, -0.05) is 23.7 Å². The number of aliphatic hydroxyl groups excluding tert-OH is 1. The summed E-state index contributed by atoms with van der Waals surface area (Å²) in [5.41, 5.74) is 0.513. The number of halogens is 2. The molecule has 1 aromatic carbocycles. The summed E-state index contributed by atoms with van der Waals surface area (Å²) in [7, 11) is 0. The van der Waals surface area contributed by atoms with Crippen LogP contribution < -0.4 is 0 Å². The highest BCUT2D eigenvalue weighted by atomic mass is 35.5. The zero-order chi connectivity index (χ0) is 10.8. The Morgan fingerprint density at radius 2 is 2.13 bits per heavy atom. The van der Waals surface area contributed by atoms with Crippen LogP contribution in [0.2, 0.25) is 5.02 Å². The average molecular weight is 243 g/mol. The van der Waals surface area contributed by atoms with Crippen molar-refractivity contribution in [2.75, 3.05) is 0 Å². The Morgan fingerprint density at radius 1 is 1.33 bits per heavy atom. The van der Waals surface area contributed by atoms with Gasteiger partial charge in [-0.2, -0.15) is 0 Å². The first-order valence-electron chi connectivity index (χ1n) is 4.35. The van der Waals surface area contributed by atoms with Gasteiger partial charge in [0.15, 0.2) is 0 Å². The van der Waals surface area contributed by atoms with Crippen LogP contribution in [0, 0.1) is 5.82 Å². The third kappa shape index (κ3) is 2.20. The van der Waals surface area contributed by atoms with Gasteiger partial charge in [0.1, 0.15) is 11.9 Å². The van der Waals surface area contributed by atoms with E-state index in [0.717, 1.165) is 4.88 Å². The Bertz CT molecular complexity index is 456. The van der Waals surface area contributed by atoms with Crippen LogP contribution in [0.4, 0.5) is 4.39 Å². The van der Waals surface area contributed by atoms with Gasteiger partial charge >= 0.3 is 0 Å². The monoisotopic (exact) mass is 242 g/mol. The zero-order valence-corrected chi connectivity index (χ0v) is 9.23. The lowest BCUT2D eigenvalue weighted by Crippen LogP contribution is -1.97. The van der Waals surface area contributed by atoms with Crippen molar-refractivity contribution in [3.63, 3.8) is 0 Å². The number of thiophene rings is 1. The minimum Gasteiger partial charge on any atom is -0.383 e. The standard InChI is InChI=1S/C11H8ClFOS/c12-8-4-3-7(6-9(8)13)11(14)10-2-1-5-15-10/h1-6,11,14H/t11-/m1/s1. The van der Waals surface area contributed by atoms with E-state index in [4.69, 9.17) is 11.6 Å². The van der Waals surface area contributed by atoms with Crippen LogP contribution >= 0.6 is 22.9 Å². The molecule has 78 valence electrons. The number of rotatable bonds is 2. The van der Waals surface area contributed by atoms with Crippen molar-refractivity contribution in [3.05, 3.63) is 57.0 Å². The van der Waals surface area contributed by atoms with Crippen LogP contribution in [0.3, 0.4) is 0 Å². The Balaban J connectivity index is 2.34. The summed E-state index contributed by atoms with van der Waals surface area (Å²) in [6.07, 6.45) is -0.781. The van der Waals surface area contributed by atoms with E-state index in [1.165, 1.54) is 23.5 Å². The highest BCUT2D eigenvalue weighted by molar-refractivity contribution is 7.10. The third-order valence-corrected chi connectivity index (χ3v) is 3.30. The first kappa shape index (κ1) is 10.6. The number of hydrogen-bond donors (Lipinski definition) is 1. The second-order valence-electron chi connectivity index (χ2n) is 3.09. The minimum atomic E-state index is -0.781. The maximum Gasteiger partial charge on any atom is 0.142 e. The van der Waals surface area contributed by atoms with Crippen LogP contribution in [-0.4, -0.2) is 5.11 Å². The summed E-state index contributed by atoms with van der Waals surface area (Å²) in [4.78, 5) is 0.789. The van der Waals surface area contributed by atoms with Gasteiger partial charge < -0.3 is 5.11 Å². The topological polar surface area (TPSA) is 20.2 Å². The van der Waals surface area contributed by atoms with E-state index < -0.39 is 11.9 Å². The van der Waals surface area contributed by atoms with Crippen LogP contribution in [-0.2, 0) is 0 Å². The van der Waals surface area contributed by atoms with Gasteiger partial charge in [0.05, 0.1) is 5.02 Å². The Hall–Kier alpha value is -0.900. The number of benzene rings is 1. The first-order valence-corrected chi connectivity index (χ1v) is 5.60. The summed E-state index contributed by atoms with van der Waals surface area (Å²) in [6.45, 7) is 0. The fourth-order valence-corrected chi connectivity index (χ4v) is 2.15. The summed E-state index contributed by atoms with van der Waals surface area (Å²) in [5.74, 6) is -0.509. The molecule has 0 unspecified atom stereocenters. The summed E-state index contributed by atoms with van der Waals surface area (Å²) in [5, 5.41) is 11.8. The van der Waals surface area contributed by atoms with Crippen molar-refractivity contribution in [2.24, 2.45) is 0 Å². The fraction of sp³-hybridized carbons (Fsp3) is 0.0909. The molecule has 2 aromatic rings. The second-order valence-corrected chi connectivity index (χ2v) is 4.48. The molecular weight excluding hydrogens is 235 g/mol. The summed E-state index contributed by atoms with van der Waals surface area (Å²) >= 11 is 6.99. The van der Waals surface area contributed by atoms with E-state index in [1.54, 1.807) is 6.07 Å². The molecule has 1 aromatic heterocycles. The van der Waals surface area contributed by atoms with Crippen molar-refractivity contribution >= 4 is 22.9 Å². The molecule has 0 aliphatic rings. The molecule has 15 heavy (non-hydrogen) atoms. The molecule has 1 N–H and O–H groups in total. The van der Waals surface area contributed by atoms with Gasteiger partial charge in [0, 0.05) is 4.88 Å². The molecule has 1 atom stereocenters. The highest BCUT2D eigenvalue weighted by Crippen LogP contribution is 2.27. The molecule has 4 heteroatoms. The Morgan fingerprint density at radius 3 is 2.73 bits per heavy atom. The predicted molar refractivity (Wildman–Crippen MR) is 59.8 cm³/mol. The molecule has 0 aliphatic heterocycles. The average Bonchev–Trinajstić information content (AvgIpc) is 2.74. The van der Waals surface area contributed by atoms with Crippen LogP contribution in [0.5, 0.6) is 0 Å². The van der Waals surface area contributed by atoms with Gasteiger partial charge in [-0.3, -0.25) is 0 Å². The van der Waals surface area contributed by atoms with Crippen molar-refractivity contribution < 1.29 is 9.50 Å². The van der Waals surface area contributed by atoms with Crippen molar-refractivity contribution in [3.8, 4) is 0 Å². The van der Waals surface area contributed by atoms with E-state index in [2.05, 4.69) is 0 Å². The Kier molecular flexibility index (Phi) is 3.05. The predicted octanol–water partition coefficient (Wildman–Crippen LogP) is 3.62. The van der Waals surface area contributed by atoms with E-state index in [1.807, 2.05) is 17.5 Å². The smallest absolute Gasteiger partial charge is 0.142 e. The molecule has 0 fully saturated rings. The molecule has 0 saturated carbocycles. The first-order chi connectivity index (χ1) is 7.18. The molecule has 0 bridgehead atoms. The Labute approximate surface area is 95.8 Å². The molecule has 1 nitrogen and oxygen atoms in total. The highest BCUT2D eigenvalue weighted by Gasteiger charge is 2.12. The zero-order valence-electron chi connectivity index (χ0n) is 7.65. The molecule has 0 saturated heterocycles. The van der Waals surface area contributed by atoms with Gasteiger partial charge in [0.25, 0.3) is 0 Å². The van der Waals surface area contributed by atoms with Crippen molar-refractivity contribution in [1.82, 2.24) is 0 Å². The lowest BCUT2D eigenvalue weighted by molar-refractivity contribution is 0.223. The molecular formula is C11H8ClFOS. The quantitative estimate of drug-likeness (QED) is 0.853. The van der Waals surface area contributed by atoms with Crippen LogP contribution in [0.1, 0.15) is 16.5 Å². The fourth-order valence-electron chi connectivity index (χ4n) is 1.29. The maximum absolute atomic E-state index is 13.1. The largest absolute Gasteiger partial charge is 0.383 e. The molecule has 0 spiro atoms. The van der Waals surface area contributed by atoms with Crippen molar-refractivity contribution in [1.29, 1.82) is 0 Å². The van der Waals surface area contributed by atoms with E-state index >= 15 is 0 Å². The number of hydrogen-bond acceptors (Lipinski definition) is 2. The SMILES string of the molecule is O[C@H](c1ccc(Cl)c(F)c1)c1cccs1. The molecule has 0 amide bonds. The van der Waals surface area contributed by atoms with E-state index in [-0.39, 0.29) is 5.02 Å². The third-order valence-electron chi connectivity index (χ3n) is 2.07. The van der Waals surface area contributed by atoms with Crippen LogP contribution in [0.15, 0.2) is 35.7 Å². The molecule has 1 heterocycles. The lowest BCUT2D eigenvalue weighted by atomic mass is 10.1. The van der Waals surface area contributed by atoms with E-state index in [0.29, 0.717) is 5.56 Å². The van der Waals surface area contributed by atoms with Gasteiger partial charge in [-0.25, -0.2) is 4.39 Å². The van der Waals surface area contributed by atoms with Gasteiger partial charge in [-0.05, 0) is 29.1 Å². The van der Waals surface area contributed by atoms with Gasteiger partial charge in [0.2, 0.25) is 0 Å². The molecule has 2 rings (SSSR count). The van der Waals surface area contributed by atoms with Crippen LogP contribution in [0.25, 0.3) is 0 Å². The number of aliphatic hydroxyl groups is 1. The second kappa shape index (κ2) is 4.31. The minimum absolute atomic E-state index is 0.0668. The summed E-state index contributed by atoms with van der Waals surface area (Å²) in [6, 6.07) is 7.98. The normalized spacial score (nSPS) is 12.7.